The maximum absolute atomic E-state index is 10.5. The van der Waals surface area contributed by atoms with Gasteiger partial charge in [-0.1, -0.05) is 13.3 Å². The van der Waals surface area contributed by atoms with E-state index in [1.807, 2.05) is 0 Å². The summed E-state index contributed by atoms with van der Waals surface area (Å²) in [5.41, 5.74) is 0.275. The Balaban J connectivity index is 1.92. The summed E-state index contributed by atoms with van der Waals surface area (Å²) in [6, 6.07) is 0. The van der Waals surface area contributed by atoms with Crippen LogP contribution >= 0.6 is 0 Å². The molecule has 0 aromatic heterocycles. The molecular weight excluding hydrogens is 188 g/mol. The van der Waals surface area contributed by atoms with Crippen LogP contribution in [0.2, 0.25) is 0 Å². The van der Waals surface area contributed by atoms with Crippen LogP contribution in [0.25, 0.3) is 0 Å². The molecule has 3 heteroatoms. The van der Waals surface area contributed by atoms with Crippen LogP contribution in [0.3, 0.4) is 0 Å². The van der Waals surface area contributed by atoms with Crippen LogP contribution in [0.4, 0.5) is 0 Å². The van der Waals surface area contributed by atoms with E-state index in [4.69, 9.17) is 0 Å². The molecule has 4 bridgehead atoms. The van der Waals surface area contributed by atoms with Crippen LogP contribution in [-0.4, -0.2) is 50.5 Å². The predicted octanol–water partition coefficient (Wildman–Crippen LogP) is -2.44. The molecule has 0 radical (unpaired) electrons. The molecule has 0 spiro atoms. The Morgan fingerprint density at radius 1 is 1.20 bits per heavy atom. The van der Waals surface area contributed by atoms with Gasteiger partial charge in [0.25, 0.3) is 0 Å². The van der Waals surface area contributed by atoms with Gasteiger partial charge in [0.2, 0.25) is 0 Å². The molecular formula is C12H24N2O+2. The number of aliphatic hydroxyl groups excluding tert-OH is 1. The number of fused-ring (bicyclic) bond motifs is 1. The molecule has 4 aliphatic rings. The molecule has 0 saturated carbocycles. The fourth-order valence-electron chi connectivity index (χ4n) is 4.51. The number of hydrogen-bond donors (Lipinski definition) is 3. The van der Waals surface area contributed by atoms with Gasteiger partial charge in [-0.05, 0) is 6.42 Å². The van der Waals surface area contributed by atoms with Crippen molar-refractivity contribution < 1.29 is 14.9 Å². The highest BCUT2D eigenvalue weighted by atomic mass is 16.3. The molecule has 3 atom stereocenters. The second-order valence-electron chi connectivity index (χ2n) is 6.08. The van der Waals surface area contributed by atoms with E-state index in [2.05, 4.69) is 6.92 Å². The van der Waals surface area contributed by atoms with Crippen molar-refractivity contribution in [1.82, 2.24) is 0 Å². The molecule has 0 amide bonds. The Morgan fingerprint density at radius 3 is 2.33 bits per heavy atom. The third kappa shape index (κ3) is 1.44. The largest absolute Gasteiger partial charge is 0.391 e. The summed E-state index contributed by atoms with van der Waals surface area (Å²) in [5.74, 6) is 0.589. The van der Waals surface area contributed by atoms with Gasteiger partial charge in [0.15, 0.2) is 0 Å². The maximum Gasteiger partial charge on any atom is 0.127 e. The highest BCUT2D eigenvalue weighted by Gasteiger charge is 2.58. The SMILES string of the molecule is CCCC12C[NH+]3CC[NH+](CC(C3)C1O)C2. The first-order valence-electron chi connectivity index (χ1n) is 6.59. The molecule has 4 fully saturated rings. The Morgan fingerprint density at radius 2 is 1.80 bits per heavy atom. The second-order valence-corrected chi connectivity index (χ2v) is 6.08. The van der Waals surface area contributed by atoms with Gasteiger partial charge < -0.3 is 14.9 Å². The summed E-state index contributed by atoms with van der Waals surface area (Å²) in [6.45, 7) is 9.88. The Hall–Kier alpha value is -0.120. The predicted molar refractivity (Wildman–Crippen MR) is 58.0 cm³/mol. The van der Waals surface area contributed by atoms with Gasteiger partial charge in [-0.15, -0.1) is 0 Å². The molecule has 0 aromatic rings. The lowest BCUT2D eigenvalue weighted by molar-refractivity contribution is -0.918. The summed E-state index contributed by atoms with van der Waals surface area (Å²) in [7, 11) is 0. The van der Waals surface area contributed by atoms with Crippen molar-refractivity contribution >= 4 is 0 Å². The van der Waals surface area contributed by atoms with Crippen molar-refractivity contribution in [3.63, 3.8) is 0 Å². The van der Waals surface area contributed by atoms with Gasteiger partial charge in [-0.3, -0.25) is 0 Å². The van der Waals surface area contributed by atoms with E-state index in [-0.39, 0.29) is 11.5 Å². The van der Waals surface area contributed by atoms with Crippen molar-refractivity contribution in [3.8, 4) is 0 Å². The Kier molecular flexibility index (Phi) is 2.31. The zero-order valence-corrected chi connectivity index (χ0v) is 9.76. The number of hydrogen-bond acceptors (Lipinski definition) is 1. The van der Waals surface area contributed by atoms with Gasteiger partial charge in [0.05, 0.1) is 43.6 Å². The standard InChI is InChI=1S/C12H22N2O/c1-2-3-12-8-13-4-5-14(9-12)7-10(6-13)11(12)15/h10-11,15H,2-9H2,1H3/p+2. The molecule has 4 rings (SSSR count). The Bertz CT molecular complexity index is 240. The third-order valence-electron chi connectivity index (χ3n) is 4.96. The van der Waals surface area contributed by atoms with E-state index >= 15 is 0 Å². The minimum atomic E-state index is 0.00282. The number of piperidine rings is 2. The van der Waals surface area contributed by atoms with Crippen molar-refractivity contribution in [2.45, 2.75) is 25.9 Å². The molecule has 0 aliphatic carbocycles. The van der Waals surface area contributed by atoms with E-state index < -0.39 is 0 Å². The van der Waals surface area contributed by atoms with Gasteiger partial charge in [0.1, 0.15) is 13.1 Å². The Labute approximate surface area is 92.1 Å². The first-order chi connectivity index (χ1) is 7.23. The minimum Gasteiger partial charge on any atom is -0.391 e. The minimum absolute atomic E-state index is 0.00282. The molecule has 86 valence electrons. The lowest BCUT2D eigenvalue weighted by Gasteiger charge is -2.48. The molecule has 3 nitrogen and oxygen atoms in total. The van der Waals surface area contributed by atoms with E-state index in [0.717, 1.165) is 0 Å². The first-order valence-corrected chi connectivity index (χ1v) is 6.59. The summed E-state index contributed by atoms with van der Waals surface area (Å²) in [6.07, 6.45) is 2.46. The van der Waals surface area contributed by atoms with Gasteiger partial charge in [-0.25, -0.2) is 0 Å². The normalized spacial score (nSPS) is 53.2. The van der Waals surface area contributed by atoms with Crippen LogP contribution in [0.1, 0.15) is 19.8 Å². The molecule has 4 aliphatic heterocycles. The maximum atomic E-state index is 10.5. The molecule has 3 N–H and O–H groups in total. The average Bonchev–Trinajstić information content (AvgIpc) is 2.43. The number of quaternary nitrogens is 2. The van der Waals surface area contributed by atoms with Crippen LogP contribution in [0, 0.1) is 11.3 Å². The van der Waals surface area contributed by atoms with E-state index in [9.17, 15) is 5.11 Å². The van der Waals surface area contributed by atoms with Crippen molar-refractivity contribution in [2.75, 3.05) is 39.3 Å². The smallest absolute Gasteiger partial charge is 0.127 e. The fraction of sp³-hybridized carbons (Fsp3) is 1.00. The van der Waals surface area contributed by atoms with Crippen LogP contribution < -0.4 is 9.80 Å². The summed E-state index contributed by atoms with van der Waals surface area (Å²) < 4.78 is 0. The topological polar surface area (TPSA) is 29.1 Å². The lowest BCUT2D eigenvalue weighted by Crippen LogP contribution is -3.17. The summed E-state index contributed by atoms with van der Waals surface area (Å²) >= 11 is 0. The average molecular weight is 212 g/mol. The lowest BCUT2D eigenvalue weighted by atomic mass is 9.67. The van der Waals surface area contributed by atoms with E-state index in [1.54, 1.807) is 9.80 Å². The monoisotopic (exact) mass is 212 g/mol. The quantitative estimate of drug-likeness (QED) is 0.466. The number of rotatable bonds is 2. The molecule has 4 saturated heterocycles. The third-order valence-corrected chi connectivity index (χ3v) is 4.96. The van der Waals surface area contributed by atoms with E-state index in [0.29, 0.717) is 5.92 Å². The van der Waals surface area contributed by atoms with Crippen molar-refractivity contribution in [2.24, 2.45) is 11.3 Å². The van der Waals surface area contributed by atoms with Gasteiger partial charge >= 0.3 is 0 Å². The molecule has 4 heterocycles. The zero-order chi connectivity index (χ0) is 10.5. The van der Waals surface area contributed by atoms with Crippen LogP contribution in [-0.2, 0) is 0 Å². The highest BCUT2D eigenvalue weighted by molar-refractivity contribution is 4.95. The first kappa shape index (κ1) is 10.1. The second kappa shape index (κ2) is 3.44. The van der Waals surface area contributed by atoms with Gasteiger partial charge in [-0.2, -0.15) is 0 Å². The van der Waals surface area contributed by atoms with Crippen molar-refractivity contribution in [3.05, 3.63) is 0 Å². The van der Waals surface area contributed by atoms with Crippen molar-refractivity contribution in [1.29, 1.82) is 0 Å². The molecule has 15 heavy (non-hydrogen) atoms. The summed E-state index contributed by atoms with van der Waals surface area (Å²) in [5, 5.41) is 10.5. The zero-order valence-electron chi connectivity index (χ0n) is 9.76. The van der Waals surface area contributed by atoms with Gasteiger partial charge in [0, 0.05) is 0 Å². The molecule has 3 unspecified atom stereocenters. The van der Waals surface area contributed by atoms with Crippen LogP contribution in [0.15, 0.2) is 0 Å². The number of aliphatic hydroxyl groups is 1. The fourth-order valence-corrected chi connectivity index (χ4v) is 4.51. The number of nitrogens with one attached hydrogen (secondary N) is 2. The molecule has 0 aromatic carbocycles. The van der Waals surface area contributed by atoms with E-state index in [1.165, 1.54) is 52.1 Å². The van der Waals surface area contributed by atoms with Crippen LogP contribution in [0.5, 0.6) is 0 Å². The highest BCUT2D eigenvalue weighted by Crippen LogP contribution is 2.34. The summed E-state index contributed by atoms with van der Waals surface area (Å²) in [4.78, 5) is 3.54.